The Morgan fingerprint density at radius 3 is 1.87 bits per heavy atom. The molecule has 0 N–H and O–H groups in total. The molecule has 0 atom stereocenters. The highest BCUT2D eigenvalue weighted by Gasteiger charge is 2.27. The van der Waals surface area contributed by atoms with Gasteiger partial charge in [0.2, 0.25) is 5.91 Å². The lowest BCUT2D eigenvalue weighted by atomic mass is 9.96. The van der Waals surface area contributed by atoms with E-state index < -0.39 is 0 Å². The third kappa shape index (κ3) is 5.33. The van der Waals surface area contributed by atoms with Gasteiger partial charge in [-0.25, -0.2) is 0 Å². The number of benzene rings is 3. The third-order valence-corrected chi connectivity index (χ3v) is 6.05. The maximum Gasteiger partial charge on any atom is 0.222 e. The van der Waals surface area contributed by atoms with Gasteiger partial charge in [0.15, 0.2) is 0 Å². The second-order valence-corrected chi connectivity index (χ2v) is 7.99. The Balaban J connectivity index is 1.36. The minimum Gasteiger partial charge on any atom is -0.497 e. The van der Waals surface area contributed by atoms with E-state index in [0.717, 1.165) is 38.3 Å². The molecule has 160 valence electrons. The molecule has 1 fully saturated rings. The molecule has 31 heavy (non-hydrogen) atoms. The van der Waals surface area contributed by atoms with E-state index in [4.69, 9.17) is 4.74 Å². The van der Waals surface area contributed by atoms with E-state index in [9.17, 15) is 4.79 Å². The van der Waals surface area contributed by atoms with Gasteiger partial charge in [-0.1, -0.05) is 72.8 Å². The first-order chi connectivity index (χ1) is 15.2. The van der Waals surface area contributed by atoms with E-state index in [1.54, 1.807) is 7.11 Å². The minimum absolute atomic E-state index is 0.221. The van der Waals surface area contributed by atoms with Gasteiger partial charge in [0.25, 0.3) is 0 Å². The molecule has 3 aromatic carbocycles. The Morgan fingerprint density at radius 2 is 1.35 bits per heavy atom. The highest BCUT2D eigenvalue weighted by Crippen LogP contribution is 2.29. The summed E-state index contributed by atoms with van der Waals surface area (Å²) in [4.78, 5) is 17.3. The first kappa shape index (κ1) is 21.1. The largest absolute Gasteiger partial charge is 0.497 e. The van der Waals surface area contributed by atoms with Gasteiger partial charge in [0, 0.05) is 32.6 Å². The van der Waals surface area contributed by atoms with Crippen LogP contribution in [0.25, 0.3) is 0 Å². The number of nitrogens with zero attached hydrogens (tertiary/aromatic N) is 2. The van der Waals surface area contributed by atoms with E-state index in [1.165, 1.54) is 16.7 Å². The average molecular weight is 415 g/mol. The number of carbonyl (C=O) groups is 1. The van der Waals surface area contributed by atoms with Gasteiger partial charge in [-0.3, -0.25) is 9.69 Å². The lowest BCUT2D eigenvalue weighted by Crippen LogP contribution is -2.49. The number of ether oxygens (including phenoxy) is 1. The van der Waals surface area contributed by atoms with Crippen molar-refractivity contribution in [3.05, 3.63) is 102 Å². The van der Waals surface area contributed by atoms with Crippen molar-refractivity contribution in [1.82, 2.24) is 9.80 Å². The first-order valence-electron chi connectivity index (χ1n) is 11.0. The summed E-state index contributed by atoms with van der Waals surface area (Å²) in [6.07, 6.45) is 1.31. The van der Waals surface area contributed by atoms with Crippen molar-refractivity contribution in [1.29, 1.82) is 0 Å². The van der Waals surface area contributed by atoms with E-state index >= 15 is 0 Å². The van der Waals surface area contributed by atoms with Crippen molar-refractivity contribution in [3.8, 4) is 5.75 Å². The molecule has 0 aliphatic carbocycles. The van der Waals surface area contributed by atoms with Crippen molar-refractivity contribution in [2.24, 2.45) is 0 Å². The molecular formula is C27H30N2O2. The van der Waals surface area contributed by atoms with Crippen molar-refractivity contribution in [3.63, 3.8) is 0 Å². The second-order valence-electron chi connectivity index (χ2n) is 7.99. The average Bonchev–Trinajstić information content (AvgIpc) is 2.85. The normalized spacial score (nSPS) is 14.6. The first-order valence-corrected chi connectivity index (χ1v) is 11.0. The number of methoxy groups -OCH3 is 1. The number of carbonyl (C=O) groups excluding carboxylic acids is 1. The van der Waals surface area contributed by atoms with Crippen LogP contribution in [0.2, 0.25) is 0 Å². The van der Waals surface area contributed by atoms with Crippen LogP contribution in [0.4, 0.5) is 0 Å². The Bertz CT molecular complexity index is 910. The second kappa shape index (κ2) is 10.3. The summed E-state index contributed by atoms with van der Waals surface area (Å²) in [6, 6.07) is 29.5. The lowest BCUT2D eigenvalue weighted by Gasteiger charge is -2.40. The maximum absolute atomic E-state index is 12.8. The van der Waals surface area contributed by atoms with Gasteiger partial charge < -0.3 is 9.64 Å². The zero-order valence-corrected chi connectivity index (χ0v) is 18.1. The van der Waals surface area contributed by atoms with Gasteiger partial charge in [0.05, 0.1) is 13.2 Å². The molecule has 1 aliphatic rings. The fourth-order valence-corrected chi connectivity index (χ4v) is 4.32. The fourth-order valence-electron chi connectivity index (χ4n) is 4.32. The zero-order chi connectivity index (χ0) is 21.5. The Morgan fingerprint density at radius 1 is 0.806 bits per heavy atom. The van der Waals surface area contributed by atoms with Crippen LogP contribution in [-0.4, -0.2) is 49.0 Å². The standard InChI is InChI=1S/C27H30N2O2/c1-31-25-15-12-22(13-16-25)14-17-26(30)28-18-20-29(21-19-28)27(23-8-4-2-5-9-23)24-10-6-3-7-11-24/h2-13,15-16,27H,14,17-21H2,1H3. The van der Waals surface area contributed by atoms with E-state index in [0.29, 0.717) is 6.42 Å². The van der Waals surface area contributed by atoms with Gasteiger partial charge in [-0.2, -0.15) is 0 Å². The number of hydrogen-bond donors (Lipinski definition) is 0. The predicted octanol–water partition coefficient (Wildman–Crippen LogP) is 4.56. The molecular weight excluding hydrogens is 384 g/mol. The highest BCUT2D eigenvalue weighted by molar-refractivity contribution is 5.76. The Hall–Kier alpha value is -3.11. The SMILES string of the molecule is COc1ccc(CCC(=O)N2CCN(C(c3ccccc3)c3ccccc3)CC2)cc1. The molecule has 4 heteroatoms. The highest BCUT2D eigenvalue weighted by atomic mass is 16.5. The van der Waals surface area contributed by atoms with Gasteiger partial charge in [-0.05, 0) is 35.2 Å². The molecule has 0 radical (unpaired) electrons. The summed E-state index contributed by atoms with van der Waals surface area (Å²) in [7, 11) is 1.67. The van der Waals surface area contributed by atoms with Crippen LogP contribution in [0, 0.1) is 0 Å². The fraction of sp³-hybridized carbons (Fsp3) is 0.296. The Labute approximate surface area is 185 Å². The number of amides is 1. The molecule has 1 saturated heterocycles. The summed E-state index contributed by atoms with van der Waals surface area (Å²) in [5, 5.41) is 0. The maximum atomic E-state index is 12.8. The van der Waals surface area contributed by atoms with Crippen LogP contribution in [-0.2, 0) is 11.2 Å². The monoisotopic (exact) mass is 414 g/mol. The molecule has 0 aromatic heterocycles. The molecule has 4 rings (SSSR count). The summed E-state index contributed by atoms with van der Waals surface area (Å²) in [5.74, 6) is 1.09. The smallest absolute Gasteiger partial charge is 0.222 e. The van der Waals surface area contributed by atoms with Crippen molar-refractivity contribution in [2.75, 3.05) is 33.3 Å². The van der Waals surface area contributed by atoms with Crippen molar-refractivity contribution < 1.29 is 9.53 Å². The number of rotatable bonds is 7. The topological polar surface area (TPSA) is 32.8 Å². The third-order valence-electron chi connectivity index (χ3n) is 6.05. The summed E-state index contributed by atoms with van der Waals surface area (Å²) >= 11 is 0. The molecule has 0 saturated carbocycles. The lowest BCUT2D eigenvalue weighted by molar-refractivity contribution is -0.133. The number of piperazine rings is 1. The zero-order valence-electron chi connectivity index (χ0n) is 18.1. The van der Waals surface area contributed by atoms with Crippen LogP contribution >= 0.6 is 0 Å². The van der Waals surface area contributed by atoms with E-state index in [2.05, 4.69) is 65.6 Å². The molecule has 1 aliphatic heterocycles. The number of hydrogen-bond acceptors (Lipinski definition) is 3. The van der Waals surface area contributed by atoms with Crippen LogP contribution in [0.3, 0.4) is 0 Å². The van der Waals surface area contributed by atoms with E-state index in [1.807, 2.05) is 29.2 Å². The Kier molecular flexibility index (Phi) is 7.00. The van der Waals surface area contributed by atoms with Crippen molar-refractivity contribution >= 4 is 5.91 Å². The molecule has 4 nitrogen and oxygen atoms in total. The molecule has 3 aromatic rings. The summed E-state index contributed by atoms with van der Waals surface area (Å²) in [5.41, 5.74) is 3.77. The van der Waals surface area contributed by atoms with Crippen LogP contribution < -0.4 is 4.74 Å². The minimum atomic E-state index is 0.221. The summed E-state index contributed by atoms with van der Waals surface area (Å²) in [6.45, 7) is 3.31. The molecule has 0 unspecified atom stereocenters. The molecule has 1 heterocycles. The van der Waals surface area contributed by atoms with Crippen LogP contribution in [0.5, 0.6) is 5.75 Å². The molecule has 1 amide bonds. The van der Waals surface area contributed by atoms with Gasteiger partial charge in [0.1, 0.15) is 5.75 Å². The van der Waals surface area contributed by atoms with Crippen LogP contribution in [0.1, 0.15) is 29.2 Å². The van der Waals surface area contributed by atoms with Gasteiger partial charge in [-0.15, -0.1) is 0 Å². The molecule has 0 bridgehead atoms. The number of aryl methyl sites for hydroxylation is 1. The molecule has 0 spiro atoms. The van der Waals surface area contributed by atoms with Crippen LogP contribution in [0.15, 0.2) is 84.9 Å². The summed E-state index contributed by atoms with van der Waals surface area (Å²) < 4.78 is 5.20. The van der Waals surface area contributed by atoms with Crippen molar-refractivity contribution in [2.45, 2.75) is 18.9 Å². The van der Waals surface area contributed by atoms with E-state index in [-0.39, 0.29) is 11.9 Å². The quantitative estimate of drug-likeness (QED) is 0.568. The van der Waals surface area contributed by atoms with Gasteiger partial charge >= 0.3 is 0 Å². The predicted molar refractivity (Wildman–Crippen MR) is 124 cm³/mol.